The third kappa shape index (κ3) is 7.43. The topological polar surface area (TPSA) is 67.1 Å². The normalized spacial score (nSPS) is 10.9. The molecule has 1 heterocycles. The van der Waals surface area contributed by atoms with Gasteiger partial charge in [0.05, 0.1) is 6.54 Å². The first kappa shape index (κ1) is 21.4. The summed E-state index contributed by atoms with van der Waals surface area (Å²) in [5, 5.41) is 15.3. The van der Waals surface area contributed by atoms with Gasteiger partial charge in [-0.15, -0.1) is 40.8 Å². The van der Waals surface area contributed by atoms with Crippen molar-refractivity contribution >= 4 is 41.5 Å². The molecule has 2 rings (SSSR count). The van der Waals surface area contributed by atoms with Crippen LogP contribution < -0.4 is 10.6 Å². The first-order valence-corrected chi connectivity index (χ1v) is 8.35. The summed E-state index contributed by atoms with van der Waals surface area (Å²) in [7, 11) is 0. The van der Waals surface area contributed by atoms with Gasteiger partial charge in [0.15, 0.2) is 5.96 Å². The van der Waals surface area contributed by atoms with Crippen LogP contribution in [0.2, 0.25) is 5.02 Å². The second-order valence-corrected chi connectivity index (χ2v) is 5.62. The predicted octanol–water partition coefficient (Wildman–Crippen LogP) is 3.03. The Labute approximate surface area is 170 Å². The molecule has 0 amide bonds. The molecule has 2 N–H and O–H groups in total. The zero-order valence-corrected chi connectivity index (χ0v) is 17.4. The number of hydrogen-bond donors (Lipinski definition) is 2. The average Bonchev–Trinajstić information content (AvgIpc) is 3.05. The van der Waals surface area contributed by atoms with Crippen LogP contribution in [-0.2, 0) is 19.5 Å². The van der Waals surface area contributed by atoms with E-state index in [4.69, 9.17) is 11.6 Å². The van der Waals surface area contributed by atoms with Crippen molar-refractivity contribution in [3.8, 4) is 0 Å². The van der Waals surface area contributed by atoms with Gasteiger partial charge in [0.2, 0.25) is 0 Å². The molecule has 0 aliphatic carbocycles. The number of nitrogens with one attached hydrogen (secondary N) is 2. The van der Waals surface area contributed by atoms with Crippen molar-refractivity contribution in [3.05, 3.63) is 59.7 Å². The lowest BCUT2D eigenvalue weighted by Crippen LogP contribution is -2.39. The van der Waals surface area contributed by atoms with Crippen LogP contribution in [0.3, 0.4) is 0 Å². The Hall–Kier alpha value is -1.61. The fourth-order valence-corrected chi connectivity index (χ4v) is 2.26. The summed E-state index contributed by atoms with van der Waals surface area (Å²) in [5.74, 6) is 1.73. The van der Waals surface area contributed by atoms with Crippen molar-refractivity contribution in [1.82, 2.24) is 25.4 Å². The zero-order chi connectivity index (χ0) is 17.2. The van der Waals surface area contributed by atoms with E-state index in [0.29, 0.717) is 13.1 Å². The molecular weight excluding hydrogens is 451 g/mol. The van der Waals surface area contributed by atoms with Crippen molar-refractivity contribution in [1.29, 1.82) is 0 Å². The fourth-order valence-electron chi connectivity index (χ4n) is 2.14. The molecule has 25 heavy (non-hydrogen) atoms. The second kappa shape index (κ2) is 11.9. The first-order chi connectivity index (χ1) is 11.7. The second-order valence-electron chi connectivity index (χ2n) is 5.18. The summed E-state index contributed by atoms with van der Waals surface area (Å²) >= 11 is 5.90. The largest absolute Gasteiger partial charge is 0.355 e. The number of aliphatic imine (C=N–C) groups is 1. The maximum absolute atomic E-state index is 5.90. The van der Waals surface area contributed by atoms with Gasteiger partial charge in [-0.1, -0.05) is 36.7 Å². The molecule has 0 bridgehead atoms. The van der Waals surface area contributed by atoms with E-state index in [2.05, 4.69) is 39.3 Å². The number of benzene rings is 1. The van der Waals surface area contributed by atoms with Crippen LogP contribution in [0.1, 0.15) is 18.3 Å². The van der Waals surface area contributed by atoms with E-state index in [1.165, 1.54) is 0 Å². The van der Waals surface area contributed by atoms with Gasteiger partial charge in [-0.05, 0) is 17.7 Å². The molecule has 1 aromatic heterocycles. The monoisotopic (exact) mass is 474 g/mol. The summed E-state index contributed by atoms with van der Waals surface area (Å²) in [6.07, 6.45) is 4.42. The van der Waals surface area contributed by atoms with Crippen LogP contribution >= 0.6 is 35.6 Å². The number of aryl methyl sites for hydroxylation is 1. The summed E-state index contributed by atoms with van der Waals surface area (Å²) in [6, 6.07) is 7.69. The highest BCUT2D eigenvalue weighted by molar-refractivity contribution is 14.0. The SMILES string of the molecule is C=CCNC(=NCc1ccc(Cl)cc1)NCCn1cnnc1CC.I. The van der Waals surface area contributed by atoms with Gasteiger partial charge >= 0.3 is 0 Å². The van der Waals surface area contributed by atoms with Gasteiger partial charge in [0.25, 0.3) is 0 Å². The van der Waals surface area contributed by atoms with E-state index in [0.717, 1.165) is 41.9 Å². The molecule has 6 nitrogen and oxygen atoms in total. The standard InChI is InChI=1S/C17H23ClN6.HI/c1-3-9-19-17(21-12-14-5-7-15(18)8-6-14)20-10-11-24-13-22-23-16(24)4-2;/h3,5-8,13H,1,4,9-12H2,2H3,(H2,19,20,21);1H. The summed E-state index contributed by atoms with van der Waals surface area (Å²) < 4.78 is 2.04. The number of nitrogens with zero attached hydrogens (tertiary/aromatic N) is 4. The number of halogens is 2. The van der Waals surface area contributed by atoms with Gasteiger partial charge in [-0.3, -0.25) is 0 Å². The number of rotatable bonds is 8. The average molecular weight is 475 g/mol. The molecule has 0 radical (unpaired) electrons. The molecule has 0 atom stereocenters. The number of guanidine groups is 1. The quantitative estimate of drug-likeness (QED) is 0.267. The molecule has 1 aromatic carbocycles. The van der Waals surface area contributed by atoms with Crippen molar-refractivity contribution < 1.29 is 0 Å². The van der Waals surface area contributed by atoms with Crippen LogP contribution in [0.15, 0.2) is 48.2 Å². The van der Waals surface area contributed by atoms with E-state index in [9.17, 15) is 0 Å². The molecule has 0 unspecified atom stereocenters. The molecule has 0 saturated carbocycles. The highest BCUT2D eigenvalue weighted by atomic mass is 127. The molecule has 0 aliphatic heterocycles. The predicted molar refractivity (Wildman–Crippen MR) is 114 cm³/mol. The van der Waals surface area contributed by atoms with Crippen LogP contribution in [-0.4, -0.2) is 33.8 Å². The lowest BCUT2D eigenvalue weighted by Gasteiger charge is -2.12. The highest BCUT2D eigenvalue weighted by Gasteiger charge is 2.02. The molecule has 136 valence electrons. The lowest BCUT2D eigenvalue weighted by molar-refractivity contribution is 0.633. The Bertz CT molecular complexity index is 668. The van der Waals surface area contributed by atoms with Crippen molar-refractivity contribution in [2.75, 3.05) is 13.1 Å². The van der Waals surface area contributed by atoms with Gasteiger partial charge in [0, 0.05) is 31.1 Å². The minimum absolute atomic E-state index is 0. The Morgan fingerprint density at radius 1 is 1.32 bits per heavy atom. The first-order valence-electron chi connectivity index (χ1n) is 7.97. The van der Waals surface area contributed by atoms with Crippen molar-refractivity contribution in [2.45, 2.75) is 26.4 Å². The molecule has 0 saturated heterocycles. The van der Waals surface area contributed by atoms with Gasteiger partial charge < -0.3 is 15.2 Å². The van der Waals surface area contributed by atoms with E-state index in [1.54, 1.807) is 12.4 Å². The molecule has 0 spiro atoms. The minimum Gasteiger partial charge on any atom is -0.355 e. The number of aromatic nitrogens is 3. The molecular formula is C17H24ClIN6. The maximum Gasteiger partial charge on any atom is 0.191 e. The van der Waals surface area contributed by atoms with Crippen LogP contribution in [0.4, 0.5) is 0 Å². The summed E-state index contributed by atoms with van der Waals surface area (Å²) in [5.41, 5.74) is 1.10. The fraction of sp³-hybridized carbons (Fsp3) is 0.353. The Morgan fingerprint density at radius 2 is 2.08 bits per heavy atom. The van der Waals surface area contributed by atoms with Crippen molar-refractivity contribution in [3.63, 3.8) is 0 Å². The smallest absolute Gasteiger partial charge is 0.191 e. The lowest BCUT2D eigenvalue weighted by atomic mass is 10.2. The molecule has 0 aliphatic rings. The van der Waals surface area contributed by atoms with E-state index >= 15 is 0 Å². The van der Waals surface area contributed by atoms with Gasteiger partial charge in [-0.25, -0.2) is 4.99 Å². The molecule has 8 heteroatoms. The van der Waals surface area contributed by atoms with Gasteiger partial charge in [-0.2, -0.15) is 0 Å². The summed E-state index contributed by atoms with van der Waals surface area (Å²) in [6.45, 7) is 8.54. The third-order valence-electron chi connectivity index (χ3n) is 3.40. The molecule has 0 fully saturated rings. The highest BCUT2D eigenvalue weighted by Crippen LogP contribution is 2.10. The Balaban J connectivity index is 0.00000312. The maximum atomic E-state index is 5.90. The van der Waals surface area contributed by atoms with Crippen LogP contribution in [0, 0.1) is 0 Å². The third-order valence-corrected chi connectivity index (χ3v) is 3.66. The van der Waals surface area contributed by atoms with E-state index < -0.39 is 0 Å². The van der Waals surface area contributed by atoms with E-state index in [1.807, 2.05) is 28.8 Å². The van der Waals surface area contributed by atoms with Crippen LogP contribution in [0.25, 0.3) is 0 Å². The molecule has 2 aromatic rings. The van der Waals surface area contributed by atoms with Gasteiger partial charge in [0.1, 0.15) is 12.2 Å². The Kier molecular flexibility index (Phi) is 10.2. The van der Waals surface area contributed by atoms with E-state index in [-0.39, 0.29) is 24.0 Å². The number of hydrogen-bond acceptors (Lipinski definition) is 3. The van der Waals surface area contributed by atoms with Crippen LogP contribution in [0.5, 0.6) is 0 Å². The zero-order valence-electron chi connectivity index (χ0n) is 14.3. The Morgan fingerprint density at radius 3 is 2.76 bits per heavy atom. The minimum atomic E-state index is 0. The summed E-state index contributed by atoms with van der Waals surface area (Å²) in [4.78, 5) is 4.59. The van der Waals surface area contributed by atoms with Crippen molar-refractivity contribution in [2.24, 2.45) is 4.99 Å².